The predicted octanol–water partition coefficient (Wildman–Crippen LogP) is 5.15. The number of hydrogen-bond donors (Lipinski definition) is 1. The van der Waals surface area contributed by atoms with E-state index in [1.54, 1.807) is 18.2 Å². The maximum absolute atomic E-state index is 14.6. The lowest BCUT2D eigenvalue weighted by Gasteiger charge is -2.32. The number of ether oxygens (including phenoxy) is 1. The molecule has 6 heteroatoms. The number of carbonyl (C=O) groups is 2. The van der Waals surface area contributed by atoms with Crippen molar-refractivity contribution >= 4 is 11.8 Å². The summed E-state index contributed by atoms with van der Waals surface area (Å²) in [4.78, 5) is 28.2. The van der Waals surface area contributed by atoms with Gasteiger partial charge in [-0.2, -0.15) is 0 Å². The molecule has 0 unspecified atom stereocenters. The van der Waals surface area contributed by atoms with Crippen LogP contribution < -0.4 is 10.1 Å². The van der Waals surface area contributed by atoms with Gasteiger partial charge in [0.2, 0.25) is 11.8 Å². The van der Waals surface area contributed by atoms with Crippen LogP contribution in [0.3, 0.4) is 0 Å². The Morgan fingerprint density at radius 2 is 1.54 bits per heavy atom. The molecule has 1 atom stereocenters. The summed E-state index contributed by atoms with van der Waals surface area (Å²) in [6.07, 6.45) is 0.993. The number of amides is 2. The molecule has 0 aliphatic rings. The zero-order valence-corrected chi connectivity index (χ0v) is 20.3. The fourth-order valence-corrected chi connectivity index (χ4v) is 3.82. The summed E-state index contributed by atoms with van der Waals surface area (Å²) in [6, 6.07) is 24.4. The number of para-hydroxylation sites is 1. The van der Waals surface area contributed by atoms with Crippen molar-refractivity contribution in [3.8, 4) is 5.75 Å². The summed E-state index contributed by atoms with van der Waals surface area (Å²) in [5.41, 5.74) is 1.30. The number of halogens is 1. The molecule has 1 N–H and O–H groups in total. The van der Waals surface area contributed by atoms with Gasteiger partial charge in [-0.3, -0.25) is 9.59 Å². The summed E-state index contributed by atoms with van der Waals surface area (Å²) >= 11 is 0. The lowest BCUT2D eigenvalue weighted by molar-refractivity contribution is -0.141. The summed E-state index contributed by atoms with van der Waals surface area (Å²) in [5.74, 6) is -0.138. The van der Waals surface area contributed by atoms with Crippen LogP contribution >= 0.6 is 0 Å². The van der Waals surface area contributed by atoms with Crippen LogP contribution in [0.25, 0.3) is 0 Å². The van der Waals surface area contributed by atoms with Crippen molar-refractivity contribution in [1.82, 2.24) is 10.2 Å². The van der Waals surface area contributed by atoms with Crippen LogP contribution in [0.15, 0.2) is 84.9 Å². The van der Waals surface area contributed by atoms with Gasteiger partial charge in [0.25, 0.3) is 0 Å². The lowest BCUT2D eigenvalue weighted by Crippen LogP contribution is -2.51. The van der Waals surface area contributed by atoms with Gasteiger partial charge in [0.05, 0.1) is 6.61 Å². The minimum absolute atomic E-state index is 0.00800. The van der Waals surface area contributed by atoms with Crippen LogP contribution in [-0.2, 0) is 22.6 Å². The first-order chi connectivity index (χ1) is 16.9. The Kier molecular flexibility index (Phi) is 9.84. The van der Waals surface area contributed by atoms with Gasteiger partial charge in [-0.1, -0.05) is 66.7 Å². The van der Waals surface area contributed by atoms with Crippen molar-refractivity contribution in [3.05, 3.63) is 102 Å². The van der Waals surface area contributed by atoms with Crippen molar-refractivity contribution in [2.24, 2.45) is 0 Å². The summed E-state index contributed by atoms with van der Waals surface area (Å²) in [6.45, 7) is 4.13. The first-order valence-corrected chi connectivity index (χ1v) is 12.0. The molecule has 0 saturated carbocycles. The Hall–Kier alpha value is -3.67. The highest BCUT2D eigenvalue weighted by Crippen LogP contribution is 2.18. The average molecular weight is 477 g/mol. The monoisotopic (exact) mass is 476 g/mol. The van der Waals surface area contributed by atoms with Crippen molar-refractivity contribution in [1.29, 1.82) is 0 Å². The van der Waals surface area contributed by atoms with E-state index >= 15 is 0 Å². The van der Waals surface area contributed by atoms with Crippen LogP contribution in [0.4, 0.5) is 4.39 Å². The van der Waals surface area contributed by atoms with Gasteiger partial charge in [-0.15, -0.1) is 0 Å². The molecule has 0 bridgehead atoms. The standard InChI is InChI=1S/C29H33FN2O3/c1-22(2)31-29(34)27(20-23-12-5-3-6-13-23)32(21-24-14-9-10-17-26(24)30)28(33)18-11-19-35-25-15-7-4-8-16-25/h3-10,12-17,22,27H,11,18-21H2,1-2H3,(H,31,34)/t27-/m0/s1. The van der Waals surface area contributed by atoms with E-state index in [9.17, 15) is 14.0 Å². The third-order valence-corrected chi connectivity index (χ3v) is 5.55. The molecule has 3 rings (SSSR count). The number of hydrogen-bond acceptors (Lipinski definition) is 3. The molecular weight excluding hydrogens is 443 g/mol. The number of rotatable bonds is 12. The highest BCUT2D eigenvalue weighted by atomic mass is 19.1. The van der Waals surface area contributed by atoms with E-state index in [2.05, 4.69) is 5.32 Å². The molecule has 0 radical (unpaired) electrons. The normalized spacial score (nSPS) is 11.7. The number of benzene rings is 3. The zero-order chi connectivity index (χ0) is 25.0. The van der Waals surface area contributed by atoms with E-state index in [1.807, 2.05) is 74.5 Å². The van der Waals surface area contributed by atoms with Crippen LogP contribution in [0, 0.1) is 5.82 Å². The van der Waals surface area contributed by atoms with E-state index in [4.69, 9.17) is 4.74 Å². The van der Waals surface area contributed by atoms with Crippen molar-refractivity contribution in [2.75, 3.05) is 6.61 Å². The number of nitrogens with zero attached hydrogens (tertiary/aromatic N) is 1. The van der Waals surface area contributed by atoms with Gasteiger partial charge in [0.15, 0.2) is 0 Å². The Balaban J connectivity index is 1.80. The first-order valence-electron chi connectivity index (χ1n) is 12.0. The summed E-state index contributed by atoms with van der Waals surface area (Å²) < 4.78 is 20.3. The average Bonchev–Trinajstić information content (AvgIpc) is 2.85. The molecule has 0 aliphatic carbocycles. The highest BCUT2D eigenvalue weighted by Gasteiger charge is 2.31. The van der Waals surface area contributed by atoms with Gasteiger partial charge < -0.3 is 15.0 Å². The Morgan fingerprint density at radius 3 is 2.20 bits per heavy atom. The quantitative estimate of drug-likeness (QED) is 0.368. The van der Waals surface area contributed by atoms with Gasteiger partial charge in [-0.05, 0) is 44.0 Å². The van der Waals surface area contributed by atoms with Crippen LogP contribution in [0.1, 0.15) is 37.8 Å². The maximum Gasteiger partial charge on any atom is 0.243 e. The molecule has 0 spiro atoms. The van der Waals surface area contributed by atoms with Crippen molar-refractivity contribution in [2.45, 2.75) is 51.7 Å². The Labute approximate surface area is 206 Å². The molecule has 0 saturated heterocycles. The third-order valence-electron chi connectivity index (χ3n) is 5.55. The Bertz CT molecular complexity index is 1070. The van der Waals surface area contributed by atoms with E-state index in [0.717, 1.165) is 11.3 Å². The smallest absolute Gasteiger partial charge is 0.243 e. The van der Waals surface area contributed by atoms with Crippen molar-refractivity contribution < 1.29 is 18.7 Å². The van der Waals surface area contributed by atoms with E-state index in [1.165, 1.54) is 11.0 Å². The number of carbonyl (C=O) groups excluding carboxylic acids is 2. The summed E-state index contributed by atoms with van der Waals surface area (Å²) in [5, 5.41) is 2.94. The van der Waals surface area contributed by atoms with Gasteiger partial charge >= 0.3 is 0 Å². The molecule has 35 heavy (non-hydrogen) atoms. The second-order valence-corrected chi connectivity index (χ2v) is 8.75. The summed E-state index contributed by atoms with van der Waals surface area (Å²) in [7, 11) is 0. The van der Waals surface area contributed by atoms with Gasteiger partial charge in [0, 0.05) is 31.0 Å². The third kappa shape index (κ3) is 8.25. The topological polar surface area (TPSA) is 58.6 Å². The van der Waals surface area contributed by atoms with E-state index in [-0.39, 0.29) is 30.8 Å². The molecule has 184 valence electrons. The maximum atomic E-state index is 14.6. The van der Waals surface area contributed by atoms with Gasteiger partial charge in [-0.25, -0.2) is 4.39 Å². The predicted molar refractivity (Wildman–Crippen MR) is 135 cm³/mol. The molecule has 3 aromatic carbocycles. The van der Waals surface area contributed by atoms with Crippen molar-refractivity contribution in [3.63, 3.8) is 0 Å². The molecule has 0 aromatic heterocycles. The highest BCUT2D eigenvalue weighted by molar-refractivity contribution is 5.88. The molecular formula is C29H33FN2O3. The van der Waals surface area contributed by atoms with Gasteiger partial charge in [0.1, 0.15) is 17.6 Å². The second kappa shape index (κ2) is 13.3. The molecule has 0 fully saturated rings. The second-order valence-electron chi connectivity index (χ2n) is 8.75. The zero-order valence-electron chi connectivity index (χ0n) is 20.3. The Morgan fingerprint density at radius 1 is 0.914 bits per heavy atom. The molecule has 0 heterocycles. The molecule has 5 nitrogen and oxygen atoms in total. The minimum atomic E-state index is -0.776. The van der Waals surface area contributed by atoms with Crippen LogP contribution in [0.5, 0.6) is 5.75 Å². The first kappa shape index (κ1) is 25.9. The number of nitrogens with one attached hydrogen (secondary N) is 1. The van der Waals surface area contributed by atoms with Crippen LogP contribution in [-0.4, -0.2) is 35.4 Å². The van der Waals surface area contributed by atoms with E-state index in [0.29, 0.717) is 25.0 Å². The minimum Gasteiger partial charge on any atom is -0.494 e. The fraction of sp³-hybridized carbons (Fsp3) is 0.310. The SMILES string of the molecule is CC(C)NC(=O)[C@H](Cc1ccccc1)N(Cc1ccccc1F)C(=O)CCCOc1ccccc1. The molecule has 0 aliphatic heterocycles. The lowest BCUT2D eigenvalue weighted by atomic mass is 10.0. The molecule has 3 aromatic rings. The van der Waals surface area contributed by atoms with E-state index < -0.39 is 11.9 Å². The largest absolute Gasteiger partial charge is 0.494 e. The molecule has 2 amide bonds. The fourth-order valence-electron chi connectivity index (χ4n) is 3.82. The van der Waals surface area contributed by atoms with Crippen LogP contribution in [0.2, 0.25) is 0 Å².